The van der Waals surface area contributed by atoms with Gasteiger partial charge in [0.05, 0.1) is 12.6 Å². The number of rotatable bonds is 7. The second-order valence-corrected chi connectivity index (χ2v) is 7.70. The second kappa shape index (κ2) is 10.4. The number of hydrogen-bond donors (Lipinski definition) is 2. The number of anilines is 2. The summed E-state index contributed by atoms with van der Waals surface area (Å²) in [5.74, 6) is 8.23. The molecule has 0 saturated heterocycles. The van der Waals surface area contributed by atoms with Gasteiger partial charge in [0.25, 0.3) is 0 Å². The van der Waals surface area contributed by atoms with Gasteiger partial charge in [0.15, 0.2) is 11.5 Å². The minimum absolute atomic E-state index is 0.123. The Balaban J connectivity index is 1.60. The monoisotopic (exact) mass is 452 g/mol. The highest BCUT2D eigenvalue weighted by atomic mass is 16.5. The Morgan fingerprint density at radius 3 is 2.65 bits per heavy atom. The molecule has 4 aromatic rings. The van der Waals surface area contributed by atoms with Crippen molar-refractivity contribution in [3.8, 4) is 29.1 Å². The van der Waals surface area contributed by atoms with Crippen molar-refractivity contribution in [3.05, 3.63) is 78.6 Å². The molecule has 3 N–H and O–H groups in total. The molecule has 0 aliphatic heterocycles. The van der Waals surface area contributed by atoms with Crippen LogP contribution in [0.4, 0.5) is 11.5 Å². The smallest absolute Gasteiger partial charge is 0.218 e. The Morgan fingerprint density at radius 1 is 1.06 bits per heavy atom. The minimum Gasteiger partial charge on any atom is -0.493 e. The number of methoxy groups -OCH3 is 1. The maximum Gasteiger partial charge on any atom is 0.218 e. The molecule has 7 nitrogen and oxygen atoms in total. The van der Waals surface area contributed by atoms with Crippen LogP contribution in [-0.2, 0) is 4.79 Å². The van der Waals surface area contributed by atoms with Gasteiger partial charge >= 0.3 is 0 Å². The van der Waals surface area contributed by atoms with Gasteiger partial charge < -0.3 is 20.5 Å². The van der Waals surface area contributed by atoms with Gasteiger partial charge in [-0.3, -0.25) is 4.79 Å². The molecule has 0 radical (unpaired) electrons. The molecule has 0 fully saturated rings. The lowest BCUT2D eigenvalue weighted by molar-refractivity contribution is -0.118. The van der Waals surface area contributed by atoms with Crippen molar-refractivity contribution in [2.75, 3.05) is 12.4 Å². The highest BCUT2D eigenvalue weighted by Gasteiger charge is 2.10. The van der Waals surface area contributed by atoms with Crippen LogP contribution in [0.2, 0.25) is 0 Å². The van der Waals surface area contributed by atoms with Crippen LogP contribution in [0.5, 0.6) is 17.2 Å². The summed E-state index contributed by atoms with van der Waals surface area (Å²) in [6.45, 7) is 1.87. The van der Waals surface area contributed by atoms with Gasteiger partial charge in [0, 0.05) is 35.0 Å². The highest BCUT2D eigenvalue weighted by molar-refractivity contribution is 5.91. The van der Waals surface area contributed by atoms with E-state index in [2.05, 4.69) is 27.1 Å². The predicted molar refractivity (Wildman–Crippen MR) is 132 cm³/mol. The zero-order valence-electron chi connectivity index (χ0n) is 18.9. The van der Waals surface area contributed by atoms with Crippen molar-refractivity contribution < 1.29 is 14.3 Å². The Kier molecular flexibility index (Phi) is 6.89. The number of nitrogens with two attached hydrogens (primary N) is 1. The van der Waals surface area contributed by atoms with Crippen LogP contribution in [0.1, 0.15) is 18.9 Å². The summed E-state index contributed by atoms with van der Waals surface area (Å²) in [6.07, 6.45) is 1.73. The maximum atomic E-state index is 11.1. The number of para-hydroxylation sites is 1. The van der Waals surface area contributed by atoms with Crippen LogP contribution in [0.15, 0.2) is 73.1 Å². The first-order chi connectivity index (χ1) is 16.5. The van der Waals surface area contributed by atoms with Gasteiger partial charge in [0.2, 0.25) is 5.91 Å². The molecule has 1 aromatic heterocycles. The summed E-state index contributed by atoms with van der Waals surface area (Å²) in [4.78, 5) is 19.9. The van der Waals surface area contributed by atoms with Crippen molar-refractivity contribution in [2.45, 2.75) is 13.3 Å². The third kappa shape index (κ3) is 5.61. The number of hydrogen-bond acceptors (Lipinski definition) is 6. The number of carbonyl (C=O) groups excluding carboxylic acids is 1. The van der Waals surface area contributed by atoms with Crippen molar-refractivity contribution in [3.63, 3.8) is 0 Å². The van der Waals surface area contributed by atoms with Gasteiger partial charge in [-0.1, -0.05) is 37.0 Å². The third-order valence-corrected chi connectivity index (χ3v) is 5.00. The van der Waals surface area contributed by atoms with E-state index >= 15 is 0 Å². The van der Waals surface area contributed by atoms with Gasteiger partial charge in [0.1, 0.15) is 17.9 Å². The van der Waals surface area contributed by atoms with Crippen molar-refractivity contribution in [1.82, 2.24) is 9.97 Å². The predicted octanol–water partition coefficient (Wildman–Crippen LogP) is 5.04. The minimum atomic E-state index is -0.365. The molecule has 7 heteroatoms. The lowest BCUT2D eigenvalue weighted by atomic mass is 10.1. The molecule has 0 aliphatic rings. The number of amides is 1. The van der Waals surface area contributed by atoms with E-state index in [1.807, 2.05) is 73.7 Å². The lowest BCUT2D eigenvalue weighted by Crippen LogP contribution is -2.13. The zero-order chi connectivity index (χ0) is 23.9. The largest absolute Gasteiger partial charge is 0.493 e. The Bertz CT molecular complexity index is 1380. The Morgan fingerprint density at radius 2 is 1.88 bits per heavy atom. The van der Waals surface area contributed by atoms with Crippen molar-refractivity contribution in [1.29, 1.82) is 0 Å². The van der Waals surface area contributed by atoms with E-state index < -0.39 is 0 Å². The topological polar surface area (TPSA) is 99.4 Å². The first-order valence-electron chi connectivity index (χ1n) is 10.7. The average molecular weight is 453 g/mol. The average Bonchev–Trinajstić information content (AvgIpc) is 2.84. The van der Waals surface area contributed by atoms with Crippen LogP contribution < -0.4 is 20.5 Å². The van der Waals surface area contributed by atoms with Gasteiger partial charge in [-0.25, -0.2) is 9.97 Å². The molecule has 0 saturated carbocycles. The Hall–Kier alpha value is -4.57. The fourth-order valence-electron chi connectivity index (χ4n) is 3.38. The number of nitrogens with zero attached hydrogens (tertiary/aromatic N) is 2. The molecule has 0 bridgehead atoms. The van der Waals surface area contributed by atoms with E-state index in [9.17, 15) is 4.79 Å². The number of aromatic nitrogens is 2. The van der Waals surface area contributed by atoms with Crippen LogP contribution in [0.3, 0.4) is 0 Å². The number of benzene rings is 3. The number of fused-ring (bicyclic) bond motifs is 1. The van der Waals surface area contributed by atoms with Crippen LogP contribution in [-0.4, -0.2) is 23.0 Å². The van der Waals surface area contributed by atoms with Gasteiger partial charge in [-0.05, 0) is 42.5 Å². The maximum absolute atomic E-state index is 11.1. The SMILES string of the molecule is COc1cc(Nc2ncnc3ccc(C#CC(C)CC(N)=O)cc23)ccc1Oc1ccccc1. The van der Waals surface area contributed by atoms with Crippen molar-refractivity contribution in [2.24, 2.45) is 11.7 Å². The van der Waals surface area contributed by atoms with E-state index in [1.165, 1.54) is 6.33 Å². The number of ether oxygens (including phenoxy) is 2. The lowest BCUT2D eigenvalue weighted by Gasteiger charge is -2.13. The molecular weight excluding hydrogens is 428 g/mol. The Labute approximate surface area is 197 Å². The summed E-state index contributed by atoms with van der Waals surface area (Å²) in [6, 6.07) is 20.8. The molecule has 3 aromatic carbocycles. The molecule has 170 valence electrons. The summed E-state index contributed by atoms with van der Waals surface area (Å²) < 4.78 is 11.5. The first kappa shape index (κ1) is 22.6. The van der Waals surface area contributed by atoms with E-state index in [-0.39, 0.29) is 18.2 Å². The number of primary amides is 1. The molecule has 34 heavy (non-hydrogen) atoms. The van der Waals surface area contributed by atoms with Gasteiger partial charge in [-0.2, -0.15) is 0 Å². The molecular formula is C27H24N4O3. The van der Waals surface area contributed by atoms with E-state index in [4.69, 9.17) is 15.2 Å². The fourth-order valence-corrected chi connectivity index (χ4v) is 3.38. The molecule has 4 rings (SSSR count). The van der Waals surface area contributed by atoms with Crippen LogP contribution >= 0.6 is 0 Å². The van der Waals surface area contributed by atoms with E-state index in [1.54, 1.807) is 7.11 Å². The molecule has 1 unspecified atom stereocenters. The molecule has 0 spiro atoms. The van der Waals surface area contributed by atoms with E-state index in [0.717, 1.165) is 27.9 Å². The van der Waals surface area contributed by atoms with Crippen molar-refractivity contribution >= 4 is 28.3 Å². The molecule has 1 atom stereocenters. The summed E-state index contributed by atoms with van der Waals surface area (Å²) in [5.41, 5.74) is 7.61. The quantitative estimate of drug-likeness (QED) is 0.381. The molecule has 1 amide bonds. The second-order valence-electron chi connectivity index (χ2n) is 7.70. The fraction of sp³-hybridized carbons (Fsp3) is 0.148. The summed E-state index contributed by atoms with van der Waals surface area (Å²) in [7, 11) is 1.60. The first-order valence-corrected chi connectivity index (χ1v) is 10.7. The third-order valence-electron chi connectivity index (χ3n) is 5.00. The zero-order valence-corrected chi connectivity index (χ0v) is 18.9. The molecule has 0 aliphatic carbocycles. The summed E-state index contributed by atoms with van der Waals surface area (Å²) >= 11 is 0. The summed E-state index contributed by atoms with van der Waals surface area (Å²) in [5, 5.41) is 4.15. The number of nitrogens with one attached hydrogen (secondary N) is 1. The normalized spacial score (nSPS) is 11.2. The molecule has 1 heterocycles. The van der Waals surface area contributed by atoms with Crippen LogP contribution in [0.25, 0.3) is 10.9 Å². The van der Waals surface area contributed by atoms with Gasteiger partial charge in [-0.15, -0.1) is 0 Å². The standard InChI is InChI=1S/C27H24N4O3/c1-18(14-26(28)32)8-9-19-10-12-23-22(15-19)27(30-17-29-23)31-20-11-13-24(25(16-20)33-2)34-21-6-4-3-5-7-21/h3-7,10-13,15-18H,14H2,1-2H3,(H2,28,32)(H,29,30,31). The highest BCUT2D eigenvalue weighted by Crippen LogP contribution is 2.35. The number of carbonyl (C=O) groups is 1. The van der Waals surface area contributed by atoms with E-state index in [0.29, 0.717) is 17.3 Å². The van der Waals surface area contributed by atoms with Crippen LogP contribution in [0, 0.1) is 17.8 Å².